The molecule has 4 aromatic rings. The van der Waals surface area contributed by atoms with Gasteiger partial charge in [0.05, 0.1) is 47.7 Å². The first-order valence-corrected chi connectivity index (χ1v) is 12.8. The van der Waals surface area contributed by atoms with E-state index in [2.05, 4.69) is 32.6 Å². The minimum absolute atomic E-state index is 0.0214. The second-order valence-electron chi connectivity index (χ2n) is 8.68. The summed E-state index contributed by atoms with van der Waals surface area (Å²) in [5.74, 6) is 1.84. The van der Waals surface area contributed by atoms with E-state index in [1.807, 2.05) is 11.0 Å². The van der Waals surface area contributed by atoms with E-state index in [1.165, 1.54) is 15.1 Å². The van der Waals surface area contributed by atoms with Crippen molar-refractivity contribution >= 4 is 60.7 Å². The number of nitrogens with zero attached hydrogens (tertiary/aromatic N) is 3. The van der Waals surface area contributed by atoms with Gasteiger partial charge in [-0.25, -0.2) is 9.97 Å². The lowest BCUT2D eigenvalue weighted by molar-refractivity contribution is -0.143. The Morgan fingerprint density at radius 1 is 1.36 bits per heavy atom. The highest BCUT2D eigenvalue weighted by Crippen LogP contribution is 2.42. The third kappa shape index (κ3) is 3.56. The predicted octanol–water partition coefficient (Wildman–Crippen LogP) is 4.34. The maximum atomic E-state index is 13.2. The number of thiophene rings is 1. The average Bonchev–Trinajstić information content (AvgIpc) is 3.19. The molecule has 0 bridgehead atoms. The van der Waals surface area contributed by atoms with E-state index >= 15 is 0 Å². The van der Waals surface area contributed by atoms with Gasteiger partial charge in [-0.15, -0.1) is 11.3 Å². The first kappa shape index (κ1) is 20.9. The minimum Gasteiger partial charge on any atom is -0.494 e. The zero-order valence-electron chi connectivity index (χ0n) is 18.5. The van der Waals surface area contributed by atoms with Crippen molar-refractivity contribution in [2.45, 2.75) is 32.2 Å². The van der Waals surface area contributed by atoms with Crippen molar-refractivity contribution in [2.24, 2.45) is 5.92 Å². The maximum absolute atomic E-state index is 13.2. The third-order valence-corrected chi connectivity index (χ3v) is 8.71. The van der Waals surface area contributed by atoms with Gasteiger partial charge >= 0.3 is 0 Å². The van der Waals surface area contributed by atoms with Crippen molar-refractivity contribution in [1.82, 2.24) is 19.2 Å². The number of carbonyl (C=O) groups is 1. The molecule has 3 aromatic heterocycles. The van der Waals surface area contributed by atoms with E-state index in [0.717, 1.165) is 52.3 Å². The standard InChI is InChI=1S/C23H25N5O3S2/c1-12-10-31-6-5-28(12)23(29)13-3-4-14-18(7-13)32-22-20(14)21(24-11-25-22)26-15-9-19-16(27-33-19)8-17(15)30-2/h8-9,11-13,27H,3-7,10H2,1-2H3,(H,24,25,26). The molecule has 0 radical (unpaired) electrons. The number of methoxy groups -OCH3 is 1. The normalized spacial score (nSPS) is 20.8. The second kappa shape index (κ2) is 8.27. The maximum Gasteiger partial charge on any atom is 0.226 e. The quantitative estimate of drug-likeness (QED) is 0.449. The van der Waals surface area contributed by atoms with Crippen molar-refractivity contribution in [3.63, 3.8) is 0 Å². The summed E-state index contributed by atoms with van der Waals surface area (Å²) >= 11 is 3.29. The molecule has 172 valence electrons. The highest BCUT2D eigenvalue weighted by atomic mass is 32.1. The Bertz CT molecular complexity index is 1340. The topological polar surface area (TPSA) is 92.4 Å². The van der Waals surface area contributed by atoms with E-state index < -0.39 is 0 Å². The van der Waals surface area contributed by atoms with Crippen molar-refractivity contribution in [3.8, 4) is 5.75 Å². The van der Waals surface area contributed by atoms with E-state index in [9.17, 15) is 4.79 Å². The van der Waals surface area contributed by atoms with Crippen LogP contribution in [0.1, 0.15) is 23.8 Å². The molecule has 2 atom stereocenters. The van der Waals surface area contributed by atoms with Crippen LogP contribution in [-0.2, 0) is 22.4 Å². The fourth-order valence-electron chi connectivity index (χ4n) is 4.89. The van der Waals surface area contributed by atoms with E-state index in [4.69, 9.17) is 9.47 Å². The summed E-state index contributed by atoms with van der Waals surface area (Å²) in [6.07, 6.45) is 4.08. The Hall–Kier alpha value is -2.69. The molecule has 1 aliphatic heterocycles. The van der Waals surface area contributed by atoms with Crippen molar-refractivity contribution in [1.29, 1.82) is 0 Å². The SMILES string of the molecule is COc1cc2[nH]sc2cc1Nc1ncnc2sc3c(c12)CCC(C(=O)N1CCOCC1C)C3. The van der Waals surface area contributed by atoms with Crippen LogP contribution in [0.2, 0.25) is 0 Å². The Morgan fingerprint density at radius 2 is 2.27 bits per heavy atom. The fraction of sp³-hybridized carbons (Fsp3) is 0.435. The summed E-state index contributed by atoms with van der Waals surface area (Å²) in [5, 5.41) is 4.56. The number of carbonyl (C=O) groups excluding carboxylic acids is 1. The Morgan fingerprint density at radius 3 is 3.06 bits per heavy atom. The Kier molecular flexibility index (Phi) is 5.23. The van der Waals surface area contributed by atoms with Crippen molar-refractivity contribution in [3.05, 3.63) is 28.9 Å². The lowest BCUT2D eigenvalue weighted by Crippen LogP contribution is -2.50. The number of benzene rings is 1. The molecule has 2 aliphatic rings. The number of nitrogens with one attached hydrogen (secondary N) is 2. The van der Waals surface area contributed by atoms with E-state index in [-0.39, 0.29) is 17.9 Å². The molecule has 1 fully saturated rings. The molecule has 33 heavy (non-hydrogen) atoms. The molecular formula is C23H25N5O3S2. The molecule has 0 spiro atoms. The molecule has 1 amide bonds. The summed E-state index contributed by atoms with van der Waals surface area (Å²) in [4.78, 5) is 26.6. The minimum atomic E-state index is 0.0214. The summed E-state index contributed by atoms with van der Waals surface area (Å²) in [6.45, 7) is 4.00. The van der Waals surface area contributed by atoms with Crippen LogP contribution < -0.4 is 10.1 Å². The lowest BCUT2D eigenvalue weighted by Gasteiger charge is -2.36. The number of aromatic nitrogens is 3. The number of rotatable bonds is 4. The second-order valence-corrected chi connectivity index (χ2v) is 10.6. The number of ether oxygens (including phenoxy) is 2. The number of fused-ring (bicyclic) bond motifs is 4. The van der Waals surface area contributed by atoms with Gasteiger partial charge in [-0.3, -0.25) is 4.79 Å². The van der Waals surface area contributed by atoms with Gasteiger partial charge in [0.15, 0.2) is 0 Å². The van der Waals surface area contributed by atoms with Gasteiger partial charge in [0, 0.05) is 23.4 Å². The molecule has 4 heterocycles. The zero-order chi connectivity index (χ0) is 22.5. The van der Waals surface area contributed by atoms with Crippen LogP contribution in [0.5, 0.6) is 5.75 Å². The van der Waals surface area contributed by atoms with Gasteiger partial charge in [-0.2, -0.15) is 0 Å². The molecule has 8 nitrogen and oxygen atoms in total. The number of H-pyrrole nitrogens is 1. The number of aromatic amines is 1. The molecule has 10 heteroatoms. The molecule has 1 aromatic carbocycles. The third-order valence-electron chi connectivity index (χ3n) is 6.67. The lowest BCUT2D eigenvalue weighted by atomic mass is 9.86. The highest BCUT2D eigenvalue weighted by molar-refractivity contribution is 7.19. The molecule has 0 saturated carbocycles. The monoisotopic (exact) mass is 483 g/mol. The van der Waals surface area contributed by atoms with Crippen LogP contribution in [0, 0.1) is 5.92 Å². The average molecular weight is 484 g/mol. The number of morpholine rings is 1. The molecule has 1 aliphatic carbocycles. The Labute approximate surface area is 199 Å². The number of aryl methyl sites for hydroxylation is 1. The van der Waals surface area contributed by atoms with E-state index in [1.54, 1.807) is 36.3 Å². The number of anilines is 2. The predicted molar refractivity (Wildman–Crippen MR) is 131 cm³/mol. The molecule has 2 unspecified atom stereocenters. The van der Waals surface area contributed by atoms with E-state index in [0.29, 0.717) is 19.8 Å². The van der Waals surface area contributed by atoms with Gasteiger partial charge in [0.25, 0.3) is 0 Å². The van der Waals surface area contributed by atoms with Crippen LogP contribution in [0.3, 0.4) is 0 Å². The zero-order valence-corrected chi connectivity index (χ0v) is 20.1. The molecule has 6 rings (SSSR count). The first-order chi connectivity index (χ1) is 16.1. The summed E-state index contributed by atoms with van der Waals surface area (Å²) in [7, 11) is 1.67. The highest BCUT2D eigenvalue weighted by Gasteiger charge is 2.34. The van der Waals surface area contributed by atoms with Crippen molar-refractivity contribution < 1.29 is 14.3 Å². The Balaban J connectivity index is 1.31. The van der Waals surface area contributed by atoms with Gasteiger partial charge in [0.1, 0.15) is 22.7 Å². The van der Waals surface area contributed by atoms with Crippen molar-refractivity contribution in [2.75, 3.05) is 32.2 Å². The summed E-state index contributed by atoms with van der Waals surface area (Å²) < 4.78 is 15.5. The number of hydrogen-bond acceptors (Lipinski definition) is 8. The fourth-order valence-corrected chi connectivity index (χ4v) is 6.79. The largest absolute Gasteiger partial charge is 0.494 e. The van der Waals surface area contributed by atoms with Crippen LogP contribution in [0.4, 0.5) is 11.5 Å². The summed E-state index contributed by atoms with van der Waals surface area (Å²) in [6, 6.07) is 4.22. The molecular weight excluding hydrogens is 458 g/mol. The van der Waals surface area contributed by atoms with Crippen LogP contribution in [0.15, 0.2) is 18.5 Å². The van der Waals surface area contributed by atoms with Gasteiger partial charge in [-0.1, -0.05) is 11.5 Å². The smallest absolute Gasteiger partial charge is 0.226 e. The molecule has 2 N–H and O–H groups in total. The van der Waals surface area contributed by atoms with Crippen LogP contribution in [0.25, 0.3) is 20.4 Å². The summed E-state index contributed by atoms with van der Waals surface area (Å²) in [5.41, 5.74) is 3.24. The van der Waals surface area contributed by atoms with Gasteiger partial charge < -0.3 is 24.1 Å². The number of amides is 1. The van der Waals surface area contributed by atoms with Gasteiger partial charge in [0.2, 0.25) is 5.91 Å². The number of hydrogen-bond donors (Lipinski definition) is 2. The van der Waals surface area contributed by atoms with Crippen LogP contribution in [-0.4, -0.2) is 58.1 Å². The van der Waals surface area contributed by atoms with Gasteiger partial charge in [-0.05, 0) is 37.8 Å². The van der Waals surface area contributed by atoms with Crippen LogP contribution >= 0.6 is 22.9 Å². The first-order valence-electron chi connectivity index (χ1n) is 11.2. The molecule has 1 saturated heterocycles.